The van der Waals surface area contributed by atoms with Crippen molar-refractivity contribution in [1.29, 1.82) is 5.26 Å². The number of pyridine rings is 3. The van der Waals surface area contributed by atoms with Crippen molar-refractivity contribution < 1.29 is 19.4 Å². The van der Waals surface area contributed by atoms with Crippen molar-refractivity contribution >= 4 is 39.5 Å². The van der Waals surface area contributed by atoms with E-state index in [1.807, 2.05) is 62.5 Å². The molecule has 1 saturated heterocycles. The van der Waals surface area contributed by atoms with Gasteiger partial charge in [0.15, 0.2) is 16.9 Å². The number of nitrogens with zero attached hydrogens (tertiary/aromatic N) is 6. The van der Waals surface area contributed by atoms with Gasteiger partial charge in [-0.05, 0) is 78.9 Å². The summed E-state index contributed by atoms with van der Waals surface area (Å²) in [5.41, 5.74) is 6.97. The van der Waals surface area contributed by atoms with Crippen molar-refractivity contribution in [1.82, 2.24) is 24.4 Å². The van der Waals surface area contributed by atoms with Gasteiger partial charge in [0.05, 0.1) is 12.5 Å². The molecule has 1 fully saturated rings. The Balaban J connectivity index is 1.19. The van der Waals surface area contributed by atoms with E-state index in [1.54, 1.807) is 6.20 Å². The summed E-state index contributed by atoms with van der Waals surface area (Å²) in [6.07, 6.45) is 5.61. The van der Waals surface area contributed by atoms with Crippen LogP contribution >= 0.6 is 0 Å². The highest BCUT2D eigenvalue weighted by atomic mass is 16.4. The van der Waals surface area contributed by atoms with Crippen molar-refractivity contribution in [3.05, 3.63) is 99.7 Å². The van der Waals surface area contributed by atoms with Gasteiger partial charge < -0.3 is 24.5 Å². The molecule has 1 aliphatic rings. The summed E-state index contributed by atoms with van der Waals surface area (Å²) >= 11 is 0. The summed E-state index contributed by atoms with van der Waals surface area (Å²) in [5.74, 6) is -0.216. The Hall–Kier alpha value is -5.90. The number of aliphatic hydroxyl groups is 1. The van der Waals surface area contributed by atoms with Gasteiger partial charge in [0.25, 0.3) is 5.56 Å². The van der Waals surface area contributed by atoms with Crippen LogP contribution in [0.25, 0.3) is 44.6 Å². The van der Waals surface area contributed by atoms with Crippen LogP contribution in [0.4, 0.5) is 11.5 Å². The van der Waals surface area contributed by atoms with Crippen molar-refractivity contribution in [3.8, 4) is 28.7 Å². The second kappa shape index (κ2) is 13.0. The average molecular weight is 656 g/mol. The van der Waals surface area contributed by atoms with Gasteiger partial charge in [-0.1, -0.05) is 24.3 Å². The van der Waals surface area contributed by atoms with Gasteiger partial charge in [0.1, 0.15) is 17.1 Å². The Labute approximate surface area is 280 Å². The van der Waals surface area contributed by atoms with E-state index in [0.717, 1.165) is 51.0 Å². The standard InChI is InChI=1S/C37H33N7O5/c1-21-27(5-3-7-29(21)35-42-32-33(49-35)26(16-38)20-44(13-14-45)36(32)46)28-6-4-8-30(22(28)2)41-34-31-24(9-11-39-34)15-23(17-40-31)18-43-12-10-25(19-43)37(47)48/h3-9,11,15,17,20,25,45H,10,12-14,18-19H2,1-2H3,(H,39,41)(H,47,48)/t25-/m1/s1. The molecule has 0 saturated carbocycles. The zero-order valence-corrected chi connectivity index (χ0v) is 27.0. The Morgan fingerprint density at radius 3 is 2.61 bits per heavy atom. The molecule has 3 N–H and O–H groups in total. The first-order valence-electron chi connectivity index (χ1n) is 16.0. The number of nitrogens with one attached hydrogen (secondary N) is 1. The number of fused-ring (bicyclic) bond motifs is 2. The molecule has 246 valence electrons. The van der Waals surface area contributed by atoms with E-state index in [1.165, 1.54) is 10.8 Å². The van der Waals surface area contributed by atoms with Gasteiger partial charge in [-0.3, -0.25) is 19.5 Å². The molecule has 0 spiro atoms. The Morgan fingerprint density at radius 2 is 1.86 bits per heavy atom. The molecule has 2 aromatic carbocycles. The SMILES string of the molecule is Cc1c(Nc2nccc3cc(CN4CC[C@@H](C(=O)O)C4)cnc23)cccc1-c1cccc(-c2nc3c(=O)n(CCO)cc(C#N)c3o2)c1C. The molecule has 49 heavy (non-hydrogen) atoms. The minimum absolute atomic E-state index is 0.0425. The third-order valence-electron chi connectivity index (χ3n) is 9.21. The van der Waals surface area contributed by atoms with Crippen molar-refractivity contribution in [2.45, 2.75) is 33.4 Å². The first-order chi connectivity index (χ1) is 23.7. The molecule has 0 aliphatic carbocycles. The van der Waals surface area contributed by atoms with Crippen LogP contribution < -0.4 is 10.9 Å². The summed E-state index contributed by atoms with van der Waals surface area (Å²) in [4.78, 5) is 40.4. The maximum absolute atomic E-state index is 13.0. The van der Waals surface area contributed by atoms with Crippen molar-refractivity contribution in [2.24, 2.45) is 5.92 Å². The van der Waals surface area contributed by atoms with Crippen LogP contribution in [0.2, 0.25) is 0 Å². The predicted octanol–water partition coefficient (Wildman–Crippen LogP) is 5.40. The lowest BCUT2D eigenvalue weighted by atomic mass is 9.93. The Bertz CT molecular complexity index is 2360. The van der Waals surface area contributed by atoms with Gasteiger partial charge in [-0.25, -0.2) is 9.97 Å². The maximum atomic E-state index is 13.0. The monoisotopic (exact) mass is 655 g/mol. The van der Waals surface area contributed by atoms with Gasteiger partial charge in [0.2, 0.25) is 5.89 Å². The normalized spacial score (nSPS) is 14.8. The molecule has 1 atom stereocenters. The van der Waals surface area contributed by atoms with Crippen LogP contribution in [-0.2, 0) is 17.9 Å². The molecule has 12 heteroatoms. The smallest absolute Gasteiger partial charge is 0.307 e. The first kappa shape index (κ1) is 31.7. The highest BCUT2D eigenvalue weighted by molar-refractivity contribution is 5.91. The molecule has 4 aromatic heterocycles. The van der Waals surface area contributed by atoms with E-state index in [-0.39, 0.29) is 41.6 Å². The van der Waals surface area contributed by atoms with Gasteiger partial charge >= 0.3 is 5.97 Å². The second-order valence-corrected chi connectivity index (χ2v) is 12.3. The van der Waals surface area contributed by atoms with Crippen LogP contribution in [0.1, 0.15) is 28.7 Å². The molecule has 0 radical (unpaired) electrons. The summed E-state index contributed by atoms with van der Waals surface area (Å²) in [7, 11) is 0. The minimum atomic E-state index is -0.742. The van der Waals surface area contributed by atoms with Crippen LogP contribution in [0.15, 0.2) is 76.3 Å². The number of hydrogen-bond acceptors (Lipinski definition) is 10. The van der Waals surface area contributed by atoms with Gasteiger partial charge in [-0.15, -0.1) is 0 Å². The van der Waals surface area contributed by atoms with E-state index in [4.69, 9.17) is 9.40 Å². The number of rotatable bonds is 9. The van der Waals surface area contributed by atoms with Crippen LogP contribution in [-0.4, -0.2) is 60.3 Å². The van der Waals surface area contributed by atoms with Crippen molar-refractivity contribution in [2.75, 3.05) is 25.0 Å². The van der Waals surface area contributed by atoms with E-state index < -0.39 is 11.5 Å². The quantitative estimate of drug-likeness (QED) is 0.182. The molecule has 6 aromatic rings. The minimum Gasteiger partial charge on any atom is -0.481 e. The largest absolute Gasteiger partial charge is 0.481 e. The number of aliphatic carboxylic acids is 1. The average Bonchev–Trinajstić information content (AvgIpc) is 3.76. The van der Waals surface area contributed by atoms with Gasteiger partial charge in [0, 0.05) is 54.9 Å². The van der Waals surface area contributed by atoms with Crippen molar-refractivity contribution in [3.63, 3.8) is 0 Å². The molecule has 0 unspecified atom stereocenters. The van der Waals surface area contributed by atoms with E-state index in [0.29, 0.717) is 30.9 Å². The number of benzene rings is 2. The van der Waals surface area contributed by atoms with Crippen LogP contribution in [0.3, 0.4) is 0 Å². The number of oxazole rings is 1. The van der Waals surface area contributed by atoms with Gasteiger partial charge in [-0.2, -0.15) is 5.26 Å². The highest BCUT2D eigenvalue weighted by Gasteiger charge is 2.28. The molecule has 5 heterocycles. The molecule has 0 amide bonds. The summed E-state index contributed by atoms with van der Waals surface area (Å²) in [6.45, 7) is 5.72. The zero-order valence-electron chi connectivity index (χ0n) is 27.0. The third-order valence-corrected chi connectivity index (χ3v) is 9.21. The molecule has 0 bridgehead atoms. The number of likely N-dealkylation sites (tertiary alicyclic amines) is 1. The lowest BCUT2D eigenvalue weighted by Gasteiger charge is -2.17. The van der Waals surface area contributed by atoms with Crippen LogP contribution in [0.5, 0.6) is 0 Å². The highest BCUT2D eigenvalue weighted by Crippen LogP contribution is 2.37. The van der Waals surface area contributed by atoms with E-state index in [9.17, 15) is 25.1 Å². The topological polar surface area (TPSA) is 170 Å². The molecular weight excluding hydrogens is 622 g/mol. The number of anilines is 2. The first-order valence-corrected chi connectivity index (χ1v) is 16.0. The number of carboxylic acid groups (broad SMARTS) is 1. The Morgan fingerprint density at radius 1 is 1.08 bits per heavy atom. The molecular formula is C37H33N7O5. The fourth-order valence-electron chi connectivity index (χ4n) is 6.59. The molecule has 7 rings (SSSR count). The van der Waals surface area contributed by atoms with Crippen LogP contribution in [0, 0.1) is 31.1 Å². The number of nitriles is 1. The van der Waals surface area contributed by atoms with E-state index >= 15 is 0 Å². The summed E-state index contributed by atoms with van der Waals surface area (Å²) in [6, 6.07) is 17.8. The Kier molecular flexibility index (Phi) is 8.38. The summed E-state index contributed by atoms with van der Waals surface area (Å²) in [5, 5.41) is 32.8. The number of carboxylic acids is 1. The zero-order chi connectivity index (χ0) is 34.2. The number of aliphatic hydroxyl groups excluding tert-OH is 1. The summed E-state index contributed by atoms with van der Waals surface area (Å²) < 4.78 is 7.30. The maximum Gasteiger partial charge on any atom is 0.307 e. The number of carbonyl (C=O) groups is 1. The lowest BCUT2D eigenvalue weighted by Crippen LogP contribution is -2.22. The molecule has 1 aliphatic heterocycles. The third kappa shape index (κ3) is 5.90. The number of aromatic nitrogens is 4. The second-order valence-electron chi connectivity index (χ2n) is 12.3. The fraction of sp³-hybridized carbons (Fsp3) is 0.243. The molecule has 12 nitrogen and oxygen atoms in total. The predicted molar refractivity (Wildman–Crippen MR) is 184 cm³/mol. The van der Waals surface area contributed by atoms with E-state index in [2.05, 4.69) is 32.3 Å². The number of hydrogen-bond donors (Lipinski definition) is 3. The lowest BCUT2D eigenvalue weighted by molar-refractivity contribution is -0.141. The fourth-order valence-corrected chi connectivity index (χ4v) is 6.59.